The van der Waals surface area contributed by atoms with Gasteiger partial charge in [0.25, 0.3) is 0 Å². The summed E-state index contributed by atoms with van der Waals surface area (Å²) in [6.45, 7) is 0. The van der Waals surface area contributed by atoms with Crippen LogP contribution in [0.4, 0.5) is 0 Å². The summed E-state index contributed by atoms with van der Waals surface area (Å²) in [4.78, 5) is 0. The number of nitrogens with zero attached hydrogens (tertiary/aromatic N) is 1. The summed E-state index contributed by atoms with van der Waals surface area (Å²) in [6.07, 6.45) is 0. The molecule has 0 saturated carbocycles. The number of aromatic nitrogens is 1. The van der Waals surface area contributed by atoms with Gasteiger partial charge in [-0.2, -0.15) is 0 Å². The summed E-state index contributed by atoms with van der Waals surface area (Å²) in [6, 6.07) is 27.1. The number of ether oxygens (including phenoxy) is 1. The van der Waals surface area contributed by atoms with Crippen LogP contribution in [0.25, 0.3) is 38.6 Å². The van der Waals surface area contributed by atoms with Gasteiger partial charge in [-0.1, -0.05) is 139 Å². The molecule has 0 radical (unpaired) electrons. The molecule has 0 amide bonds. The molecular weight excluding hydrogens is 546 g/mol. The van der Waals surface area contributed by atoms with Crippen LogP contribution in [-0.2, 0) is 5.41 Å². The minimum Gasteiger partial charge on any atom is -0.457 e. The minimum absolute atomic E-state index is 0.00238. The number of rotatable bonds is 4. The Balaban J connectivity index is 1.52. The van der Waals surface area contributed by atoms with E-state index < -0.39 is 71.9 Å². The third-order valence-electron chi connectivity index (χ3n) is 8.52. The molecule has 0 saturated heterocycles. The second kappa shape index (κ2) is 10.1. The highest BCUT2D eigenvalue weighted by molar-refractivity contribution is 6.09. The largest absolute Gasteiger partial charge is 0.457 e. The van der Waals surface area contributed by atoms with E-state index >= 15 is 0 Å². The fraction of sp³-hybridized carbons (Fsp3) is 0.0233. The number of fused-ring (bicyclic) bond motifs is 5. The highest BCUT2D eigenvalue weighted by atomic mass is 16.5. The Hall–Kier alpha value is -5.86. The highest BCUT2D eigenvalue weighted by Crippen LogP contribution is 2.56. The van der Waals surface area contributed by atoms with Crippen molar-refractivity contribution in [1.29, 1.82) is 0 Å². The van der Waals surface area contributed by atoms with E-state index in [1.165, 1.54) is 0 Å². The SMILES string of the molecule is [2H]c1c([2H])c([2H])c2c(c1[2H])Oc1c([2H])c([2H])c(-c3c([2H])c([2H])c([2H])c([2H])c3-n3c4ccccc4c4ccccc43)c([2H])c1C2(c1ccccc1)c1ccccc1. The number of hydrogen-bond donors (Lipinski definition) is 0. The van der Waals surface area contributed by atoms with Gasteiger partial charge in [0.2, 0.25) is 0 Å². The van der Waals surface area contributed by atoms with E-state index in [-0.39, 0.29) is 39.4 Å². The summed E-state index contributed by atoms with van der Waals surface area (Å²) in [5.74, 6) is -0.517. The van der Waals surface area contributed by atoms with Crippen molar-refractivity contribution in [3.05, 3.63) is 198 Å². The van der Waals surface area contributed by atoms with E-state index in [9.17, 15) is 8.22 Å². The molecule has 45 heavy (non-hydrogen) atoms. The monoisotopic (exact) mass is 586 g/mol. The van der Waals surface area contributed by atoms with Crippen LogP contribution in [0.5, 0.6) is 11.5 Å². The zero-order chi connectivity index (χ0) is 39.4. The molecule has 2 heteroatoms. The summed E-state index contributed by atoms with van der Waals surface area (Å²) >= 11 is 0. The Morgan fingerprint density at radius 3 is 1.76 bits per heavy atom. The molecule has 0 atom stereocenters. The number of benzene rings is 7. The Labute approximate surface area is 277 Å². The molecular formula is C43H29NO. The van der Waals surface area contributed by atoms with Crippen molar-refractivity contribution in [3.8, 4) is 28.3 Å². The van der Waals surface area contributed by atoms with Gasteiger partial charge in [-0.3, -0.25) is 0 Å². The lowest BCUT2D eigenvalue weighted by atomic mass is 9.63. The summed E-state index contributed by atoms with van der Waals surface area (Å²) in [5, 5.41) is 1.63. The van der Waals surface area contributed by atoms with Crippen molar-refractivity contribution < 1.29 is 19.8 Å². The van der Waals surface area contributed by atoms with Crippen LogP contribution in [0, 0.1) is 0 Å². The van der Waals surface area contributed by atoms with Gasteiger partial charge >= 0.3 is 0 Å². The van der Waals surface area contributed by atoms with Gasteiger partial charge in [0.05, 0.1) is 37.2 Å². The Bertz CT molecular complexity index is 2870. The van der Waals surface area contributed by atoms with Gasteiger partial charge < -0.3 is 9.30 Å². The van der Waals surface area contributed by atoms with Gasteiger partial charge in [0.15, 0.2) is 0 Å². The van der Waals surface area contributed by atoms with Crippen molar-refractivity contribution in [1.82, 2.24) is 4.57 Å². The summed E-state index contributed by atoms with van der Waals surface area (Å²) in [5.41, 5.74) is 0.00985. The highest BCUT2D eigenvalue weighted by Gasteiger charge is 2.45. The predicted octanol–water partition coefficient (Wildman–Crippen LogP) is 10.9. The lowest BCUT2D eigenvalue weighted by Crippen LogP contribution is -2.34. The molecule has 9 rings (SSSR count). The molecule has 0 bridgehead atoms. The molecule has 0 spiro atoms. The average molecular weight is 587 g/mol. The van der Waals surface area contributed by atoms with Crippen LogP contribution < -0.4 is 4.74 Å². The zero-order valence-electron chi connectivity index (χ0n) is 34.7. The first kappa shape index (κ1) is 16.8. The lowest BCUT2D eigenvalue weighted by molar-refractivity contribution is 0.434. The first-order chi connectivity index (χ1) is 26.9. The molecule has 7 aromatic carbocycles. The molecule has 2 heterocycles. The lowest BCUT2D eigenvalue weighted by Gasteiger charge is -2.41. The molecule has 1 aromatic heterocycles. The second-order valence-electron chi connectivity index (χ2n) is 10.8. The average Bonchev–Trinajstić information content (AvgIpc) is 3.56. The van der Waals surface area contributed by atoms with Crippen molar-refractivity contribution in [2.45, 2.75) is 5.41 Å². The Morgan fingerprint density at radius 1 is 0.511 bits per heavy atom. The fourth-order valence-corrected chi connectivity index (χ4v) is 6.67. The van der Waals surface area contributed by atoms with Crippen LogP contribution in [0.1, 0.15) is 37.3 Å². The first-order valence-corrected chi connectivity index (χ1v) is 14.6. The van der Waals surface area contributed by atoms with Gasteiger partial charge in [-0.15, -0.1) is 0 Å². The molecule has 1 aliphatic heterocycles. The van der Waals surface area contributed by atoms with Gasteiger partial charge in [-0.05, 0) is 53.0 Å². The molecule has 0 aliphatic carbocycles. The van der Waals surface area contributed by atoms with E-state index in [4.69, 9.17) is 11.6 Å². The third kappa shape index (κ3) is 3.76. The predicted molar refractivity (Wildman–Crippen MR) is 185 cm³/mol. The van der Waals surface area contributed by atoms with E-state index in [2.05, 4.69) is 0 Å². The smallest absolute Gasteiger partial charge is 0.132 e. The van der Waals surface area contributed by atoms with Gasteiger partial charge in [0.1, 0.15) is 11.5 Å². The zero-order valence-corrected chi connectivity index (χ0v) is 23.7. The van der Waals surface area contributed by atoms with E-state index in [1.54, 1.807) is 65.2 Å². The van der Waals surface area contributed by atoms with Gasteiger partial charge in [-0.25, -0.2) is 0 Å². The number of hydrogen-bond acceptors (Lipinski definition) is 1. The molecule has 0 fully saturated rings. The van der Waals surface area contributed by atoms with Crippen LogP contribution in [0.2, 0.25) is 0 Å². The van der Waals surface area contributed by atoms with Crippen molar-refractivity contribution >= 4 is 21.8 Å². The fourth-order valence-electron chi connectivity index (χ4n) is 6.67. The second-order valence-corrected chi connectivity index (χ2v) is 10.8. The molecule has 2 nitrogen and oxygen atoms in total. The van der Waals surface area contributed by atoms with Crippen molar-refractivity contribution in [3.63, 3.8) is 0 Å². The normalized spacial score (nSPS) is 16.7. The van der Waals surface area contributed by atoms with Crippen LogP contribution in [0.3, 0.4) is 0 Å². The maximum Gasteiger partial charge on any atom is 0.132 e. The Morgan fingerprint density at radius 2 is 1.07 bits per heavy atom. The topological polar surface area (TPSA) is 14.2 Å². The molecule has 0 unspecified atom stereocenters. The van der Waals surface area contributed by atoms with E-state index in [0.29, 0.717) is 22.2 Å². The maximum atomic E-state index is 10.2. The first-order valence-electron chi connectivity index (χ1n) is 20.1. The standard InChI is InChI=1S/C43H29NO/c1-3-15-31(16-4-1)43(32-17-5-2-6-18-32)36-22-10-14-26-41(36)45-42-28-27-30(29-37(42)43)33-19-7-11-23-38(33)44-39-24-12-8-20-34(39)35-21-9-13-25-40(35)44/h1-29H/i7D,10D,11D,14D,19D,22D,23D,26D,27D,28D,29D. The van der Waals surface area contributed by atoms with Crippen LogP contribution in [-0.4, -0.2) is 4.57 Å². The van der Waals surface area contributed by atoms with E-state index in [1.807, 2.05) is 48.5 Å². The molecule has 8 aromatic rings. The summed E-state index contributed by atoms with van der Waals surface area (Å²) in [7, 11) is 0. The third-order valence-corrected chi connectivity index (χ3v) is 8.52. The van der Waals surface area contributed by atoms with Crippen LogP contribution >= 0.6 is 0 Å². The molecule has 1 aliphatic rings. The Kier molecular flexibility index (Phi) is 3.78. The molecule has 212 valence electrons. The minimum atomic E-state index is -1.74. The summed E-state index contributed by atoms with van der Waals surface area (Å²) < 4.78 is 110. The quantitative estimate of drug-likeness (QED) is 0.200. The molecule has 0 N–H and O–H groups in total. The van der Waals surface area contributed by atoms with Gasteiger partial charge in [0, 0.05) is 27.5 Å². The van der Waals surface area contributed by atoms with Crippen molar-refractivity contribution in [2.24, 2.45) is 0 Å². The van der Waals surface area contributed by atoms with E-state index in [0.717, 1.165) is 10.8 Å². The number of para-hydroxylation sites is 4. The van der Waals surface area contributed by atoms with Crippen molar-refractivity contribution in [2.75, 3.05) is 0 Å². The maximum absolute atomic E-state index is 10.2. The van der Waals surface area contributed by atoms with Crippen LogP contribution in [0.15, 0.2) is 176 Å².